The molecule has 34 heavy (non-hydrogen) atoms. The summed E-state index contributed by atoms with van der Waals surface area (Å²) < 4.78 is 41.5. The van der Waals surface area contributed by atoms with Crippen molar-refractivity contribution in [3.63, 3.8) is 0 Å². The van der Waals surface area contributed by atoms with Gasteiger partial charge in [0.15, 0.2) is 0 Å². The number of hydrogen-bond donors (Lipinski definition) is 3. The predicted molar refractivity (Wildman–Crippen MR) is 127 cm³/mol. The Labute approximate surface area is 192 Å². The van der Waals surface area contributed by atoms with Gasteiger partial charge in [-0.15, -0.1) is 0 Å². The van der Waals surface area contributed by atoms with Gasteiger partial charge in [0.05, 0.1) is 17.1 Å². The molecule has 8 heteroatoms. The maximum atomic E-state index is 13.8. The summed E-state index contributed by atoms with van der Waals surface area (Å²) in [4.78, 5) is 15.7. The van der Waals surface area contributed by atoms with Crippen LogP contribution in [0, 0.1) is 0 Å². The van der Waals surface area contributed by atoms with Crippen LogP contribution >= 0.6 is 0 Å². The highest BCUT2D eigenvalue weighted by atomic mass is 19.4. The largest absolute Gasteiger partial charge is 0.417 e. The normalized spacial score (nSPS) is 12.0. The minimum Gasteiger partial charge on any atom is -0.330 e. The number of nitrogens with one attached hydrogen (secondary N) is 2. The van der Waals surface area contributed by atoms with E-state index in [1.54, 1.807) is 18.5 Å². The molecule has 2 aromatic heterocycles. The third-order valence-corrected chi connectivity index (χ3v) is 6.09. The van der Waals surface area contributed by atoms with Crippen LogP contribution in [0.2, 0.25) is 0 Å². The van der Waals surface area contributed by atoms with E-state index < -0.39 is 11.7 Å². The number of rotatable bonds is 5. The molecule has 0 unspecified atom stereocenters. The van der Waals surface area contributed by atoms with Gasteiger partial charge in [-0.3, -0.25) is 9.89 Å². The summed E-state index contributed by atoms with van der Waals surface area (Å²) in [5.41, 5.74) is 7.60. The smallest absolute Gasteiger partial charge is 0.330 e. The zero-order valence-corrected chi connectivity index (χ0v) is 18.0. The van der Waals surface area contributed by atoms with Crippen LogP contribution in [0.15, 0.2) is 71.9 Å². The monoisotopic (exact) mass is 462 g/mol. The average Bonchev–Trinajstić information content (AvgIpc) is 3.37. The molecule has 0 fully saturated rings. The Bertz CT molecular complexity index is 1550. The first-order chi connectivity index (χ1) is 16.4. The minimum atomic E-state index is -4.53. The number of aromatic amines is 2. The number of H-pyrrole nitrogens is 2. The van der Waals surface area contributed by atoms with Gasteiger partial charge in [0.1, 0.15) is 0 Å². The van der Waals surface area contributed by atoms with Crippen molar-refractivity contribution in [2.24, 2.45) is 5.73 Å². The van der Waals surface area contributed by atoms with E-state index in [1.807, 2.05) is 24.3 Å². The average molecular weight is 462 g/mol. The van der Waals surface area contributed by atoms with Gasteiger partial charge < -0.3 is 10.7 Å². The molecular formula is C26H21F3N4O. The second kappa shape index (κ2) is 8.46. The van der Waals surface area contributed by atoms with Crippen LogP contribution in [-0.2, 0) is 12.6 Å². The highest BCUT2D eigenvalue weighted by molar-refractivity contribution is 6.13. The second-order valence-electron chi connectivity index (χ2n) is 8.17. The molecule has 4 N–H and O–H groups in total. The Kier molecular flexibility index (Phi) is 5.45. The first-order valence-corrected chi connectivity index (χ1v) is 10.9. The van der Waals surface area contributed by atoms with Gasteiger partial charge in [-0.2, -0.15) is 18.3 Å². The molecule has 0 bridgehead atoms. The van der Waals surface area contributed by atoms with Crippen molar-refractivity contribution in [2.45, 2.75) is 19.0 Å². The number of aromatic nitrogens is 3. The van der Waals surface area contributed by atoms with E-state index in [1.165, 1.54) is 18.3 Å². The summed E-state index contributed by atoms with van der Waals surface area (Å²) in [6.07, 6.45) is 1.61. The summed E-state index contributed by atoms with van der Waals surface area (Å²) in [6, 6.07) is 13.0. The highest BCUT2D eigenvalue weighted by Gasteiger charge is 2.33. The lowest BCUT2D eigenvalue weighted by Crippen LogP contribution is -2.11. The van der Waals surface area contributed by atoms with E-state index in [0.29, 0.717) is 41.1 Å². The number of alkyl halides is 3. The summed E-state index contributed by atoms with van der Waals surface area (Å²) in [7, 11) is 0. The Morgan fingerprint density at radius 2 is 1.74 bits per heavy atom. The summed E-state index contributed by atoms with van der Waals surface area (Å²) >= 11 is 0. The third kappa shape index (κ3) is 3.76. The number of nitrogens with two attached hydrogens (primary N) is 1. The van der Waals surface area contributed by atoms with E-state index in [4.69, 9.17) is 5.73 Å². The lowest BCUT2D eigenvalue weighted by atomic mass is 9.89. The van der Waals surface area contributed by atoms with Gasteiger partial charge in [0.25, 0.3) is 5.56 Å². The molecule has 0 atom stereocenters. The Balaban J connectivity index is 1.89. The van der Waals surface area contributed by atoms with Crippen molar-refractivity contribution in [3.05, 3.63) is 88.6 Å². The van der Waals surface area contributed by atoms with Crippen molar-refractivity contribution >= 4 is 21.5 Å². The first-order valence-electron chi connectivity index (χ1n) is 10.9. The first kappa shape index (κ1) is 21.9. The molecule has 3 aromatic carbocycles. The number of benzene rings is 3. The molecule has 0 aliphatic rings. The fourth-order valence-electron chi connectivity index (χ4n) is 4.52. The maximum Gasteiger partial charge on any atom is 0.417 e. The van der Waals surface area contributed by atoms with E-state index in [0.717, 1.165) is 28.1 Å². The number of nitrogens with zero attached hydrogens (tertiary/aromatic N) is 1. The predicted octanol–water partition coefficient (Wildman–Crippen LogP) is 5.65. The van der Waals surface area contributed by atoms with Crippen LogP contribution in [0.25, 0.3) is 43.8 Å². The lowest BCUT2D eigenvalue weighted by Gasteiger charge is -2.17. The Morgan fingerprint density at radius 1 is 0.912 bits per heavy atom. The summed E-state index contributed by atoms with van der Waals surface area (Å²) in [6.45, 7) is 0.478. The number of fused-ring (bicyclic) bond motifs is 3. The molecule has 0 radical (unpaired) electrons. The topological polar surface area (TPSA) is 87.6 Å². The minimum absolute atomic E-state index is 0.0198. The van der Waals surface area contributed by atoms with E-state index in [2.05, 4.69) is 15.2 Å². The molecular weight excluding hydrogens is 441 g/mol. The molecule has 2 heterocycles. The van der Waals surface area contributed by atoms with E-state index in [-0.39, 0.29) is 11.1 Å². The fraction of sp³-hybridized carbons (Fsp3) is 0.154. The Morgan fingerprint density at radius 3 is 2.47 bits per heavy atom. The Hall–Kier alpha value is -3.91. The van der Waals surface area contributed by atoms with Crippen molar-refractivity contribution in [1.29, 1.82) is 0 Å². The molecule has 0 aliphatic heterocycles. The van der Waals surface area contributed by atoms with Crippen LogP contribution in [0.5, 0.6) is 0 Å². The molecule has 172 valence electrons. The molecule has 5 rings (SSSR count). The van der Waals surface area contributed by atoms with Gasteiger partial charge in [0, 0.05) is 23.5 Å². The fourth-order valence-corrected chi connectivity index (χ4v) is 4.52. The number of pyridine rings is 1. The van der Waals surface area contributed by atoms with Crippen LogP contribution in [-0.4, -0.2) is 21.7 Å². The zero-order valence-electron chi connectivity index (χ0n) is 18.0. The number of hydrogen-bond acceptors (Lipinski definition) is 3. The van der Waals surface area contributed by atoms with Gasteiger partial charge in [0.2, 0.25) is 0 Å². The standard InChI is InChI=1S/C26H21F3N4O/c27-26(28,29)23-6-2-1-5-19(23)22-14-31-25(34)24-20-10-15(17-12-32-33-13-17)7-8-18(20)16(4-3-9-30)11-21(22)24/h1-2,5-8,10-14H,3-4,9,30H2,(H,31,34)(H,32,33). The number of aryl methyl sites for hydroxylation is 1. The van der Waals surface area contributed by atoms with Crippen LogP contribution in [0.4, 0.5) is 13.2 Å². The van der Waals surface area contributed by atoms with Crippen LogP contribution < -0.4 is 11.3 Å². The summed E-state index contributed by atoms with van der Waals surface area (Å²) in [5.74, 6) is 0. The van der Waals surface area contributed by atoms with Gasteiger partial charge in [-0.25, -0.2) is 0 Å². The molecule has 5 aromatic rings. The van der Waals surface area contributed by atoms with Gasteiger partial charge in [-0.05, 0) is 70.4 Å². The van der Waals surface area contributed by atoms with Crippen molar-refractivity contribution in [2.75, 3.05) is 6.54 Å². The van der Waals surface area contributed by atoms with E-state index >= 15 is 0 Å². The van der Waals surface area contributed by atoms with Gasteiger partial charge in [-0.1, -0.05) is 30.3 Å². The van der Waals surface area contributed by atoms with Gasteiger partial charge >= 0.3 is 6.18 Å². The van der Waals surface area contributed by atoms with Crippen LogP contribution in [0.1, 0.15) is 17.5 Å². The molecule has 0 amide bonds. The third-order valence-electron chi connectivity index (χ3n) is 6.09. The van der Waals surface area contributed by atoms with E-state index in [9.17, 15) is 18.0 Å². The second-order valence-corrected chi connectivity index (χ2v) is 8.17. The summed E-state index contributed by atoms with van der Waals surface area (Å²) in [5, 5.41) is 9.15. The van der Waals surface area contributed by atoms with Crippen molar-refractivity contribution < 1.29 is 13.2 Å². The SMILES string of the molecule is NCCCc1cc2c(-c3ccccc3C(F)(F)F)c[nH]c(=O)c2c2cc(-c3cn[nH]c3)ccc12. The quantitative estimate of drug-likeness (QED) is 0.295. The van der Waals surface area contributed by atoms with Crippen molar-refractivity contribution in [3.8, 4) is 22.3 Å². The molecule has 0 spiro atoms. The molecule has 0 aliphatic carbocycles. The molecule has 0 saturated heterocycles. The lowest BCUT2D eigenvalue weighted by molar-refractivity contribution is -0.137. The maximum absolute atomic E-state index is 13.8. The van der Waals surface area contributed by atoms with Crippen LogP contribution in [0.3, 0.4) is 0 Å². The van der Waals surface area contributed by atoms with Crippen molar-refractivity contribution in [1.82, 2.24) is 15.2 Å². The zero-order chi connectivity index (χ0) is 23.9. The molecule has 0 saturated carbocycles. The molecule has 5 nitrogen and oxygen atoms in total. The number of halogens is 3. The highest BCUT2D eigenvalue weighted by Crippen LogP contribution is 2.40.